The summed E-state index contributed by atoms with van der Waals surface area (Å²) < 4.78 is 5.81. The number of aryl methyl sites for hydroxylation is 1. The van der Waals surface area contributed by atoms with E-state index in [4.69, 9.17) is 4.74 Å². The summed E-state index contributed by atoms with van der Waals surface area (Å²) in [4.78, 5) is 24.5. The predicted octanol–water partition coefficient (Wildman–Crippen LogP) is 3.85. The Morgan fingerprint density at radius 3 is 2.88 bits per heavy atom. The number of hydrogen-bond donors (Lipinski definition) is 1. The number of Topliss-reactive ketones (excluding diaryl/α,β-unsaturated/α-hetero) is 1. The van der Waals surface area contributed by atoms with Crippen LogP contribution in [0.25, 0.3) is 0 Å². The molecule has 0 aromatic heterocycles. The van der Waals surface area contributed by atoms with E-state index >= 15 is 0 Å². The Balaban J connectivity index is 1.47. The molecule has 128 valence electrons. The quantitative estimate of drug-likeness (QED) is 0.927. The summed E-state index contributed by atoms with van der Waals surface area (Å²) in [7, 11) is 0. The number of carbonyl (C=O) groups is 2. The molecule has 1 atom stereocenters. The SMILES string of the molecule is O=C(CC1OCCc2ccccc21)Nc1ccc2c(c1)C(=O)CCC2. The number of ketones is 1. The van der Waals surface area contributed by atoms with Gasteiger partial charge in [-0.15, -0.1) is 0 Å². The van der Waals surface area contributed by atoms with E-state index in [-0.39, 0.29) is 24.2 Å². The third-order valence-corrected chi connectivity index (χ3v) is 5.01. The Morgan fingerprint density at radius 2 is 1.96 bits per heavy atom. The highest BCUT2D eigenvalue weighted by Crippen LogP contribution is 2.30. The second kappa shape index (κ2) is 6.81. The summed E-state index contributed by atoms with van der Waals surface area (Å²) in [5.74, 6) is 0.0757. The minimum atomic E-state index is -0.204. The van der Waals surface area contributed by atoms with Gasteiger partial charge in [-0.05, 0) is 48.1 Å². The van der Waals surface area contributed by atoms with E-state index in [0.717, 1.165) is 36.0 Å². The Labute approximate surface area is 147 Å². The van der Waals surface area contributed by atoms with E-state index < -0.39 is 0 Å². The molecule has 0 spiro atoms. The molecule has 1 amide bonds. The fraction of sp³-hybridized carbons (Fsp3) is 0.333. The van der Waals surface area contributed by atoms with E-state index in [2.05, 4.69) is 11.4 Å². The largest absolute Gasteiger partial charge is 0.373 e. The first-order valence-corrected chi connectivity index (χ1v) is 8.86. The van der Waals surface area contributed by atoms with Crippen molar-refractivity contribution < 1.29 is 14.3 Å². The molecule has 1 N–H and O–H groups in total. The first kappa shape index (κ1) is 16.0. The number of fused-ring (bicyclic) bond motifs is 2. The van der Waals surface area contributed by atoms with Gasteiger partial charge in [-0.2, -0.15) is 0 Å². The minimum Gasteiger partial charge on any atom is -0.373 e. The lowest BCUT2D eigenvalue weighted by Crippen LogP contribution is -2.22. The van der Waals surface area contributed by atoms with Crippen LogP contribution in [0.15, 0.2) is 42.5 Å². The number of amides is 1. The van der Waals surface area contributed by atoms with Gasteiger partial charge in [0.1, 0.15) is 0 Å². The number of rotatable bonds is 3. The van der Waals surface area contributed by atoms with Crippen LogP contribution < -0.4 is 5.32 Å². The Bertz CT molecular complexity index is 828. The lowest BCUT2D eigenvalue weighted by molar-refractivity contribution is -0.119. The second-order valence-corrected chi connectivity index (χ2v) is 6.71. The van der Waals surface area contributed by atoms with Crippen LogP contribution in [0.3, 0.4) is 0 Å². The van der Waals surface area contributed by atoms with Gasteiger partial charge < -0.3 is 10.1 Å². The molecule has 25 heavy (non-hydrogen) atoms. The van der Waals surface area contributed by atoms with Crippen molar-refractivity contribution in [1.82, 2.24) is 0 Å². The molecule has 4 rings (SSSR count). The molecule has 0 radical (unpaired) electrons. The summed E-state index contributed by atoms with van der Waals surface area (Å²) in [5, 5.41) is 2.92. The molecule has 2 aromatic carbocycles. The molecule has 0 fully saturated rings. The van der Waals surface area contributed by atoms with Gasteiger partial charge in [0.15, 0.2) is 5.78 Å². The molecule has 2 aromatic rings. The van der Waals surface area contributed by atoms with Gasteiger partial charge >= 0.3 is 0 Å². The first-order chi connectivity index (χ1) is 12.2. The third-order valence-electron chi connectivity index (χ3n) is 5.01. The number of anilines is 1. The summed E-state index contributed by atoms with van der Waals surface area (Å²) in [6, 6.07) is 13.8. The van der Waals surface area contributed by atoms with Gasteiger partial charge in [0.25, 0.3) is 0 Å². The van der Waals surface area contributed by atoms with E-state index in [0.29, 0.717) is 18.7 Å². The fourth-order valence-corrected chi connectivity index (χ4v) is 3.73. The Kier molecular flexibility index (Phi) is 4.36. The van der Waals surface area contributed by atoms with Crippen molar-refractivity contribution >= 4 is 17.4 Å². The van der Waals surface area contributed by atoms with Crippen molar-refractivity contribution in [2.45, 2.75) is 38.2 Å². The molecule has 1 unspecified atom stereocenters. The van der Waals surface area contributed by atoms with Crippen LogP contribution >= 0.6 is 0 Å². The van der Waals surface area contributed by atoms with Crippen molar-refractivity contribution in [2.24, 2.45) is 0 Å². The maximum atomic E-state index is 12.5. The zero-order valence-corrected chi connectivity index (χ0v) is 14.1. The van der Waals surface area contributed by atoms with E-state index in [1.54, 1.807) is 0 Å². The fourth-order valence-electron chi connectivity index (χ4n) is 3.73. The first-order valence-electron chi connectivity index (χ1n) is 8.86. The van der Waals surface area contributed by atoms with Crippen molar-refractivity contribution in [3.63, 3.8) is 0 Å². The van der Waals surface area contributed by atoms with Crippen molar-refractivity contribution in [3.05, 3.63) is 64.7 Å². The smallest absolute Gasteiger partial charge is 0.227 e. The van der Waals surface area contributed by atoms with E-state index in [1.165, 1.54) is 5.56 Å². The molecule has 1 heterocycles. The molecule has 2 aliphatic rings. The normalized spacial score (nSPS) is 19.0. The molecular weight excluding hydrogens is 314 g/mol. The van der Waals surface area contributed by atoms with Crippen LogP contribution in [-0.4, -0.2) is 18.3 Å². The molecule has 1 aliphatic heterocycles. The molecule has 4 heteroatoms. The highest BCUT2D eigenvalue weighted by molar-refractivity contribution is 6.00. The molecule has 0 saturated heterocycles. The molecule has 4 nitrogen and oxygen atoms in total. The maximum absolute atomic E-state index is 12.5. The monoisotopic (exact) mass is 335 g/mol. The number of benzene rings is 2. The summed E-state index contributed by atoms with van der Waals surface area (Å²) in [5.41, 5.74) is 4.88. The molecule has 1 aliphatic carbocycles. The van der Waals surface area contributed by atoms with Gasteiger partial charge in [-0.1, -0.05) is 30.3 Å². The van der Waals surface area contributed by atoms with Crippen molar-refractivity contribution in [1.29, 1.82) is 0 Å². The third kappa shape index (κ3) is 3.35. The predicted molar refractivity (Wildman–Crippen MR) is 95.8 cm³/mol. The molecule has 0 bridgehead atoms. The van der Waals surface area contributed by atoms with Crippen molar-refractivity contribution in [3.8, 4) is 0 Å². The second-order valence-electron chi connectivity index (χ2n) is 6.71. The standard InChI is InChI=1S/C21H21NO3/c23-19-7-3-5-14-8-9-16(12-18(14)19)22-21(24)13-20-17-6-2-1-4-15(17)10-11-25-20/h1-2,4,6,8-9,12,20H,3,5,7,10-11,13H2,(H,22,24). The van der Waals surface area contributed by atoms with E-state index in [9.17, 15) is 9.59 Å². The lowest BCUT2D eigenvalue weighted by Gasteiger charge is -2.25. The number of nitrogens with one attached hydrogen (secondary N) is 1. The van der Waals surface area contributed by atoms with Gasteiger partial charge in [-0.3, -0.25) is 9.59 Å². The number of ether oxygens (including phenoxy) is 1. The average Bonchev–Trinajstić information content (AvgIpc) is 2.63. The van der Waals surface area contributed by atoms with E-state index in [1.807, 2.05) is 36.4 Å². The lowest BCUT2D eigenvalue weighted by atomic mass is 9.90. The van der Waals surface area contributed by atoms with Crippen LogP contribution in [-0.2, 0) is 22.4 Å². The van der Waals surface area contributed by atoms with Gasteiger partial charge in [-0.25, -0.2) is 0 Å². The van der Waals surface area contributed by atoms with Crippen LogP contribution in [0.5, 0.6) is 0 Å². The summed E-state index contributed by atoms with van der Waals surface area (Å²) in [6.45, 7) is 0.641. The average molecular weight is 335 g/mol. The molecule has 0 saturated carbocycles. The Hall–Kier alpha value is -2.46. The highest BCUT2D eigenvalue weighted by Gasteiger charge is 2.23. The Morgan fingerprint density at radius 1 is 1.08 bits per heavy atom. The summed E-state index contributed by atoms with van der Waals surface area (Å²) >= 11 is 0. The highest BCUT2D eigenvalue weighted by atomic mass is 16.5. The topological polar surface area (TPSA) is 55.4 Å². The van der Waals surface area contributed by atoms with Gasteiger partial charge in [0.2, 0.25) is 5.91 Å². The van der Waals surface area contributed by atoms with Crippen LogP contribution in [0.1, 0.15) is 52.4 Å². The van der Waals surface area contributed by atoms with Gasteiger partial charge in [0, 0.05) is 17.7 Å². The summed E-state index contributed by atoms with van der Waals surface area (Å²) in [6.07, 6.45) is 3.41. The zero-order chi connectivity index (χ0) is 17.2. The maximum Gasteiger partial charge on any atom is 0.227 e. The minimum absolute atomic E-state index is 0.0927. The number of hydrogen-bond acceptors (Lipinski definition) is 3. The van der Waals surface area contributed by atoms with Crippen molar-refractivity contribution in [2.75, 3.05) is 11.9 Å². The zero-order valence-electron chi connectivity index (χ0n) is 14.1. The van der Waals surface area contributed by atoms with Gasteiger partial charge in [0.05, 0.1) is 19.1 Å². The van der Waals surface area contributed by atoms with Crippen LogP contribution in [0.4, 0.5) is 5.69 Å². The van der Waals surface area contributed by atoms with Crippen LogP contribution in [0.2, 0.25) is 0 Å². The molecular formula is C21H21NO3. The number of carbonyl (C=O) groups excluding carboxylic acids is 2. The van der Waals surface area contributed by atoms with Crippen LogP contribution in [0, 0.1) is 0 Å².